The highest BCUT2D eigenvalue weighted by Gasteiger charge is 2.57. The molecule has 0 radical (unpaired) electrons. The van der Waals surface area contributed by atoms with Crippen molar-refractivity contribution in [3.05, 3.63) is 47.7 Å². The SMILES string of the molecule is C[C@@H](c1cc(NC(=O)c2cnc(OCF)cn2)ccc1F)[C@@H](F)[C@H](OC(=N)N)C1(F)CC1. The van der Waals surface area contributed by atoms with E-state index < -0.39 is 48.5 Å². The molecule has 0 bridgehead atoms. The van der Waals surface area contributed by atoms with Gasteiger partial charge in [0.1, 0.15) is 17.7 Å². The van der Waals surface area contributed by atoms with Crippen LogP contribution in [-0.4, -0.2) is 46.7 Å². The number of amidine groups is 1. The van der Waals surface area contributed by atoms with Crippen LogP contribution in [0.4, 0.5) is 23.2 Å². The number of alkyl halides is 3. The molecule has 3 atom stereocenters. The molecule has 1 saturated carbocycles. The molecule has 32 heavy (non-hydrogen) atoms. The van der Waals surface area contributed by atoms with E-state index in [1.807, 2.05) is 0 Å². The summed E-state index contributed by atoms with van der Waals surface area (Å²) in [4.78, 5) is 19.9. The lowest BCUT2D eigenvalue weighted by Crippen LogP contribution is -2.42. The van der Waals surface area contributed by atoms with Crippen molar-refractivity contribution in [2.24, 2.45) is 5.73 Å². The summed E-state index contributed by atoms with van der Waals surface area (Å²) in [6.45, 7) is 0.236. The molecule has 2 aromatic rings. The predicted molar refractivity (Wildman–Crippen MR) is 106 cm³/mol. The third kappa shape index (κ3) is 5.24. The smallest absolute Gasteiger partial charge is 0.279 e. The normalized spacial score (nSPS) is 17.0. The fourth-order valence-electron chi connectivity index (χ4n) is 3.16. The quantitative estimate of drug-likeness (QED) is 0.303. The largest absolute Gasteiger partial charge is 0.456 e. The first-order valence-corrected chi connectivity index (χ1v) is 9.60. The minimum atomic E-state index is -2.01. The molecule has 0 unspecified atom stereocenters. The van der Waals surface area contributed by atoms with Gasteiger partial charge in [0.05, 0.1) is 12.4 Å². The van der Waals surface area contributed by atoms with E-state index >= 15 is 4.39 Å². The molecule has 1 fully saturated rings. The number of amides is 1. The topological polar surface area (TPSA) is 123 Å². The summed E-state index contributed by atoms with van der Waals surface area (Å²) in [5.74, 6) is -2.76. The van der Waals surface area contributed by atoms with Gasteiger partial charge in [-0.15, -0.1) is 0 Å². The number of aromatic nitrogens is 2. The Morgan fingerprint density at radius 1 is 1.34 bits per heavy atom. The minimum Gasteiger partial charge on any atom is -0.456 e. The van der Waals surface area contributed by atoms with Gasteiger partial charge in [-0.05, 0) is 36.6 Å². The van der Waals surface area contributed by atoms with Crippen LogP contribution in [0.25, 0.3) is 0 Å². The molecule has 8 nitrogen and oxygen atoms in total. The first-order valence-electron chi connectivity index (χ1n) is 9.60. The number of nitrogens with one attached hydrogen (secondary N) is 2. The van der Waals surface area contributed by atoms with Crippen LogP contribution in [-0.2, 0) is 4.74 Å². The van der Waals surface area contributed by atoms with Crippen molar-refractivity contribution >= 4 is 17.6 Å². The molecule has 12 heteroatoms. The Morgan fingerprint density at radius 3 is 2.62 bits per heavy atom. The van der Waals surface area contributed by atoms with Crippen molar-refractivity contribution in [1.82, 2.24) is 9.97 Å². The molecule has 3 rings (SSSR count). The minimum absolute atomic E-state index is 0.0485. The van der Waals surface area contributed by atoms with E-state index in [1.54, 1.807) is 0 Å². The third-order valence-electron chi connectivity index (χ3n) is 5.07. The Balaban J connectivity index is 1.77. The average molecular weight is 455 g/mol. The molecule has 0 spiro atoms. The zero-order valence-electron chi connectivity index (χ0n) is 16.9. The van der Waals surface area contributed by atoms with Crippen molar-refractivity contribution in [2.45, 2.75) is 43.6 Å². The van der Waals surface area contributed by atoms with Gasteiger partial charge >= 0.3 is 0 Å². The van der Waals surface area contributed by atoms with Crippen LogP contribution in [0.15, 0.2) is 30.6 Å². The van der Waals surface area contributed by atoms with Crippen molar-refractivity contribution in [1.29, 1.82) is 5.41 Å². The van der Waals surface area contributed by atoms with Crippen LogP contribution in [0.1, 0.15) is 41.7 Å². The number of nitrogens with two attached hydrogens (primary N) is 1. The van der Waals surface area contributed by atoms with Crippen molar-refractivity contribution in [3.63, 3.8) is 0 Å². The molecule has 1 heterocycles. The van der Waals surface area contributed by atoms with E-state index in [9.17, 15) is 18.0 Å². The summed E-state index contributed by atoms with van der Waals surface area (Å²) in [6, 6.07) is 2.66. The highest BCUT2D eigenvalue weighted by molar-refractivity contribution is 6.02. The van der Waals surface area contributed by atoms with E-state index in [-0.39, 0.29) is 35.7 Å². The average Bonchev–Trinajstić information content (AvgIpc) is 3.51. The van der Waals surface area contributed by atoms with E-state index in [2.05, 4.69) is 20.0 Å². The first kappa shape index (κ1) is 23.2. The van der Waals surface area contributed by atoms with Gasteiger partial charge in [-0.2, -0.15) is 0 Å². The second kappa shape index (κ2) is 9.37. The zero-order chi connectivity index (χ0) is 23.5. The highest BCUT2D eigenvalue weighted by atomic mass is 19.2. The van der Waals surface area contributed by atoms with Crippen LogP contribution in [0.5, 0.6) is 5.88 Å². The molecule has 4 N–H and O–H groups in total. The predicted octanol–water partition coefficient (Wildman–Crippen LogP) is 3.40. The number of carbonyl (C=O) groups is 1. The fourth-order valence-corrected chi connectivity index (χ4v) is 3.16. The Kier molecular flexibility index (Phi) is 6.80. The van der Waals surface area contributed by atoms with Crippen molar-refractivity contribution in [2.75, 3.05) is 12.2 Å². The van der Waals surface area contributed by atoms with Gasteiger partial charge in [-0.25, -0.2) is 27.5 Å². The van der Waals surface area contributed by atoms with Gasteiger partial charge in [-0.3, -0.25) is 10.2 Å². The maximum atomic E-state index is 15.2. The number of hydrogen-bond donors (Lipinski definition) is 3. The number of carbonyl (C=O) groups excluding carboxylic acids is 1. The molecule has 1 aliphatic carbocycles. The van der Waals surface area contributed by atoms with Crippen LogP contribution < -0.4 is 15.8 Å². The lowest BCUT2D eigenvalue weighted by atomic mass is 9.90. The number of hydrogen-bond acceptors (Lipinski definition) is 6. The Labute approximate surface area is 180 Å². The molecular formula is C20H21F4N5O3. The monoisotopic (exact) mass is 455 g/mol. The van der Waals surface area contributed by atoms with E-state index in [1.165, 1.54) is 19.1 Å². The van der Waals surface area contributed by atoms with Gasteiger partial charge in [0, 0.05) is 11.6 Å². The molecular weight excluding hydrogens is 434 g/mol. The van der Waals surface area contributed by atoms with E-state index in [4.69, 9.17) is 15.9 Å². The lowest BCUT2D eigenvalue weighted by Gasteiger charge is -2.29. The molecule has 1 aromatic carbocycles. The summed E-state index contributed by atoms with van der Waals surface area (Å²) >= 11 is 0. The van der Waals surface area contributed by atoms with E-state index in [0.29, 0.717) is 0 Å². The Hall–Kier alpha value is -3.44. The van der Waals surface area contributed by atoms with E-state index in [0.717, 1.165) is 18.5 Å². The third-order valence-corrected chi connectivity index (χ3v) is 5.07. The van der Waals surface area contributed by atoms with Gasteiger partial charge < -0.3 is 20.5 Å². The van der Waals surface area contributed by atoms with Gasteiger partial charge in [0.25, 0.3) is 11.9 Å². The highest BCUT2D eigenvalue weighted by Crippen LogP contribution is 2.48. The van der Waals surface area contributed by atoms with Crippen molar-refractivity contribution in [3.8, 4) is 5.88 Å². The fraction of sp³-hybridized carbons (Fsp3) is 0.400. The number of ether oxygens (including phenoxy) is 2. The van der Waals surface area contributed by atoms with Crippen LogP contribution in [0.2, 0.25) is 0 Å². The molecule has 1 aliphatic rings. The van der Waals surface area contributed by atoms with Crippen LogP contribution in [0, 0.1) is 11.2 Å². The Bertz CT molecular complexity index is 988. The first-order chi connectivity index (χ1) is 15.1. The summed E-state index contributed by atoms with van der Waals surface area (Å²) in [5, 5.41) is 9.68. The maximum absolute atomic E-state index is 15.2. The zero-order valence-corrected chi connectivity index (χ0v) is 16.9. The van der Waals surface area contributed by atoms with Crippen LogP contribution >= 0.6 is 0 Å². The summed E-state index contributed by atoms with van der Waals surface area (Å²) < 4.78 is 65.7. The molecule has 0 saturated heterocycles. The second-order valence-corrected chi connectivity index (χ2v) is 7.35. The number of nitrogens with zero attached hydrogens (tertiary/aromatic N) is 2. The number of anilines is 1. The molecule has 172 valence electrons. The molecule has 1 amide bonds. The maximum Gasteiger partial charge on any atom is 0.279 e. The van der Waals surface area contributed by atoms with Gasteiger partial charge in [0.2, 0.25) is 12.7 Å². The van der Waals surface area contributed by atoms with Gasteiger partial charge in [-0.1, -0.05) is 6.92 Å². The molecule has 0 aliphatic heterocycles. The number of rotatable bonds is 9. The summed E-state index contributed by atoms with van der Waals surface area (Å²) in [6.07, 6.45) is -1.46. The lowest BCUT2D eigenvalue weighted by molar-refractivity contribution is -0.00210. The van der Waals surface area contributed by atoms with Gasteiger partial charge in [0.15, 0.2) is 11.8 Å². The molecule has 1 aromatic heterocycles. The number of halogens is 4. The summed E-state index contributed by atoms with van der Waals surface area (Å²) in [5.41, 5.74) is 3.05. The second-order valence-electron chi connectivity index (χ2n) is 7.35. The Morgan fingerprint density at radius 2 is 2.06 bits per heavy atom. The summed E-state index contributed by atoms with van der Waals surface area (Å²) in [7, 11) is 0. The van der Waals surface area contributed by atoms with Crippen LogP contribution in [0.3, 0.4) is 0 Å². The number of benzene rings is 1. The standard InChI is InChI=1S/C20H21F4N5O3/c1-10(16(23)17(32-19(25)26)20(24)4-5-20)12-6-11(2-3-13(12)22)29-18(30)14-7-28-15(8-27-14)31-9-21/h2-3,6-8,10,16-17H,4-5,9H2,1H3,(H3,25,26)(H,29,30)/t10-,16+,17-/m0/s1. The van der Waals surface area contributed by atoms with Crippen molar-refractivity contribution < 1.29 is 31.8 Å².